The van der Waals surface area contributed by atoms with Gasteiger partial charge < -0.3 is 4.57 Å². The number of aryl methyl sites for hydroxylation is 2. The van der Waals surface area contributed by atoms with Crippen molar-refractivity contribution in [2.45, 2.75) is 13.8 Å². The van der Waals surface area contributed by atoms with Crippen molar-refractivity contribution in [2.24, 2.45) is 0 Å². The summed E-state index contributed by atoms with van der Waals surface area (Å²) in [4.78, 5) is 8.32. The van der Waals surface area contributed by atoms with Gasteiger partial charge in [-0.2, -0.15) is 14.6 Å². The Morgan fingerprint density at radius 1 is 0.818 bits per heavy atom. The predicted octanol–water partition coefficient (Wildman–Crippen LogP) is 3.20. The maximum atomic E-state index is 4.23. The van der Waals surface area contributed by atoms with E-state index in [1.54, 1.807) is 10.7 Å². The summed E-state index contributed by atoms with van der Waals surface area (Å²) in [5.74, 6) is 0.610. The van der Waals surface area contributed by atoms with Gasteiger partial charge in [0.1, 0.15) is 6.33 Å². The summed E-state index contributed by atoms with van der Waals surface area (Å²) in [5.41, 5.74) is 5.69. The van der Waals surface area contributed by atoms with E-state index in [9.17, 15) is 0 Å². The van der Waals surface area contributed by atoms with Gasteiger partial charge >= 0.3 is 0 Å². The van der Waals surface area contributed by atoms with Gasteiger partial charge in [-0.05, 0) is 44.2 Å². The lowest BCUT2D eigenvalue weighted by atomic mass is 10.1. The summed E-state index contributed by atoms with van der Waals surface area (Å²) < 4.78 is 3.99. The van der Waals surface area contributed by atoms with E-state index in [-0.39, 0.29) is 0 Å². The second-order valence-corrected chi connectivity index (χ2v) is 5.30. The van der Waals surface area contributed by atoms with Crippen LogP contribution < -0.4 is 0 Å². The minimum absolute atomic E-state index is 0.610. The zero-order chi connectivity index (χ0) is 15.1. The molecular formula is C17H15N5. The van der Waals surface area contributed by atoms with Gasteiger partial charge in [-0.3, -0.25) is 0 Å². The molecule has 0 aliphatic rings. The van der Waals surface area contributed by atoms with Crippen LogP contribution in [0.4, 0.5) is 0 Å². The normalized spacial score (nSPS) is 11.2. The van der Waals surface area contributed by atoms with Gasteiger partial charge in [0.05, 0.1) is 5.69 Å². The number of hydrogen-bond donors (Lipinski definition) is 0. The molecule has 0 unspecified atom stereocenters. The van der Waals surface area contributed by atoms with E-state index in [1.165, 1.54) is 17.7 Å². The average molecular weight is 289 g/mol. The highest BCUT2D eigenvalue weighted by atomic mass is 15.3. The molecule has 0 aliphatic heterocycles. The summed E-state index contributed by atoms with van der Waals surface area (Å²) in [6.45, 7) is 4.23. The Morgan fingerprint density at radius 2 is 1.55 bits per heavy atom. The fourth-order valence-corrected chi connectivity index (χ4v) is 2.81. The summed E-state index contributed by atoms with van der Waals surface area (Å²) in [6.07, 6.45) is 3.28. The van der Waals surface area contributed by atoms with Crippen molar-refractivity contribution in [1.29, 1.82) is 0 Å². The number of benzene rings is 1. The van der Waals surface area contributed by atoms with Gasteiger partial charge in [-0.1, -0.05) is 12.1 Å². The highest BCUT2D eigenvalue weighted by Crippen LogP contribution is 2.22. The maximum Gasteiger partial charge on any atom is 0.252 e. The SMILES string of the molecule is Cc1ccc(C)n1-c1ccc(-c2ccnc3ncnn23)cc1. The lowest BCUT2D eigenvalue weighted by molar-refractivity contribution is 0.945. The third kappa shape index (κ3) is 1.90. The van der Waals surface area contributed by atoms with Crippen molar-refractivity contribution in [3.05, 3.63) is 66.4 Å². The molecule has 3 aromatic heterocycles. The number of hydrogen-bond acceptors (Lipinski definition) is 3. The molecule has 0 spiro atoms. The topological polar surface area (TPSA) is 48.0 Å². The van der Waals surface area contributed by atoms with E-state index in [0.717, 1.165) is 16.9 Å². The minimum atomic E-state index is 0.610. The van der Waals surface area contributed by atoms with Gasteiger partial charge in [0.25, 0.3) is 5.78 Å². The molecule has 4 aromatic rings. The third-order valence-corrected chi connectivity index (χ3v) is 3.87. The maximum absolute atomic E-state index is 4.23. The highest BCUT2D eigenvalue weighted by Gasteiger charge is 2.07. The Hall–Kier alpha value is -2.95. The van der Waals surface area contributed by atoms with E-state index < -0.39 is 0 Å². The first-order valence-corrected chi connectivity index (χ1v) is 7.14. The minimum Gasteiger partial charge on any atom is -0.319 e. The van der Waals surface area contributed by atoms with Crippen LogP contribution in [0.2, 0.25) is 0 Å². The van der Waals surface area contributed by atoms with E-state index in [4.69, 9.17) is 0 Å². The zero-order valence-electron chi connectivity index (χ0n) is 12.4. The Morgan fingerprint density at radius 3 is 2.27 bits per heavy atom. The molecule has 22 heavy (non-hydrogen) atoms. The largest absolute Gasteiger partial charge is 0.319 e. The van der Waals surface area contributed by atoms with Crippen molar-refractivity contribution in [2.75, 3.05) is 0 Å². The predicted molar refractivity (Wildman–Crippen MR) is 85.0 cm³/mol. The summed E-state index contributed by atoms with van der Waals surface area (Å²) in [7, 11) is 0. The summed E-state index contributed by atoms with van der Waals surface area (Å²) in [5, 5.41) is 4.23. The van der Waals surface area contributed by atoms with Crippen LogP contribution in [0.1, 0.15) is 11.4 Å². The average Bonchev–Trinajstić information content (AvgIpc) is 3.14. The lowest BCUT2D eigenvalue weighted by Crippen LogP contribution is -1.99. The molecule has 5 nitrogen and oxygen atoms in total. The molecule has 3 heterocycles. The van der Waals surface area contributed by atoms with Crippen molar-refractivity contribution < 1.29 is 0 Å². The second-order valence-electron chi connectivity index (χ2n) is 5.30. The van der Waals surface area contributed by atoms with Gasteiger partial charge in [0.15, 0.2) is 0 Å². The fourth-order valence-electron chi connectivity index (χ4n) is 2.81. The van der Waals surface area contributed by atoms with Crippen LogP contribution in [0, 0.1) is 13.8 Å². The Labute approximate surface area is 127 Å². The van der Waals surface area contributed by atoms with Gasteiger partial charge in [0, 0.05) is 28.8 Å². The molecule has 0 saturated carbocycles. The smallest absolute Gasteiger partial charge is 0.252 e. The zero-order valence-corrected chi connectivity index (χ0v) is 12.4. The molecule has 5 heteroatoms. The first-order chi connectivity index (χ1) is 10.7. The van der Waals surface area contributed by atoms with Crippen LogP contribution in [0.15, 0.2) is 55.0 Å². The molecule has 0 saturated heterocycles. The first kappa shape index (κ1) is 12.8. The Kier molecular flexibility index (Phi) is 2.79. The number of rotatable bonds is 2. The van der Waals surface area contributed by atoms with Crippen LogP contribution in [-0.4, -0.2) is 24.1 Å². The number of nitrogens with zero attached hydrogens (tertiary/aromatic N) is 5. The highest BCUT2D eigenvalue weighted by molar-refractivity contribution is 5.62. The van der Waals surface area contributed by atoms with E-state index >= 15 is 0 Å². The summed E-state index contributed by atoms with van der Waals surface area (Å²) in [6, 6.07) is 14.7. The molecule has 0 aliphatic carbocycles. The van der Waals surface area contributed by atoms with Crippen LogP contribution in [-0.2, 0) is 0 Å². The van der Waals surface area contributed by atoms with Gasteiger partial charge in [-0.25, -0.2) is 4.98 Å². The molecule has 0 atom stereocenters. The fraction of sp³-hybridized carbons (Fsp3) is 0.118. The van der Waals surface area contributed by atoms with E-state index in [2.05, 4.69) is 69.9 Å². The Balaban J connectivity index is 1.81. The van der Waals surface area contributed by atoms with Gasteiger partial charge in [-0.15, -0.1) is 0 Å². The van der Waals surface area contributed by atoms with Crippen LogP contribution in [0.5, 0.6) is 0 Å². The molecular weight excluding hydrogens is 274 g/mol. The van der Waals surface area contributed by atoms with Gasteiger partial charge in [0.2, 0.25) is 0 Å². The van der Waals surface area contributed by atoms with Crippen LogP contribution in [0.3, 0.4) is 0 Å². The standard InChI is InChI=1S/C17H15N5/c1-12-3-4-13(2)21(12)15-7-5-14(6-8-15)16-9-10-18-17-19-11-20-22(16)17/h3-11H,1-2H3. The van der Waals surface area contributed by atoms with E-state index in [0.29, 0.717) is 5.78 Å². The molecule has 0 bridgehead atoms. The van der Waals surface area contributed by atoms with Crippen LogP contribution >= 0.6 is 0 Å². The first-order valence-electron chi connectivity index (χ1n) is 7.14. The lowest BCUT2D eigenvalue weighted by Gasteiger charge is -2.10. The third-order valence-electron chi connectivity index (χ3n) is 3.87. The van der Waals surface area contributed by atoms with Crippen molar-refractivity contribution >= 4 is 5.78 Å². The molecule has 4 rings (SSSR count). The van der Waals surface area contributed by atoms with Crippen LogP contribution in [0.25, 0.3) is 22.7 Å². The number of fused-ring (bicyclic) bond motifs is 1. The number of aromatic nitrogens is 5. The monoisotopic (exact) mass is 289 g/mol. The quantitative estimate of drug-likeness (QED) is 0.569. The molecule has 0 fully saturated rings. The molecule has 1 aromatic carbocycles. The second kappa shape index (κ2) is 4.80. The van der Waals surface area contributed by atoms with Crippen molar-refractivity contribution in [3.63, 3.8) is 0 Å². The molecule has 108 valence electrons. The van der Waals surface area contributed by atoms with Crippen molar-refractivity contribution in [1.82, 2.24) is 24.1 Å². The van der Waals surface area contributed by atoms with Crippen molar-refractivity contribution in [3.8, 4) is 16.9 Å². The molecule has 0 N–H and O–H groups in total. The summed E-state index contributed by atoms with van der Waals surface area (Å²) >= 11 is 0. The molecule has 0 amide bonds. The van der Waals surface area contributed by atoms with E-state index in [1.807, 2.05) is 6.07 Å². The molecule has 0 radical (unpaired) electrons. The Bertz CT molecular complexity index is 927.